The van der Waals surface area contributed by atoms with Gasteiger partial charge < -0.3 is 24.3 Å². The summed E-state index contributed by atoms with van der Waals surface area (Å²) >= 11 is 0. The van der Waals surface area contributed by atoms with E-state index in [1.54, 1.807) is 7.11 Å². The van der Waals surface area contributed by atoms with Crippen LogP contribution in [0.2, 0.25) is 0 Å². The third kappa shape index (κ3) is 3.74. The van der Waals surface area contributed by atoms with Crippen LogP contribution >= 0.6 is 0 Å². The zero-order chi connectivity index (χ0) is 19.3. The van der Waals surface area contributed by atoms with Crippen molar-refractivity contribution in [2.45, 2.75) is 6.54 Å². The standard InChI is InChI=1S/C21H26N6O/c1-22-21(23-15-17-16-27-10-6-5-9-20(27)24-17)26-13-11-25(12-14-26)18-7-3-4-8-19(18)28-2/h3-10,16H,11-15H2,1-2H3,(H,22,23). The van der Waals surface area contributed by atoms with E-state index in [2.05, 4.69) is 43.4 Å². The Kier molecular flexibility index (Phi) is 5.32. The second kappa shape index (κ2) is 8.21. The summed E-state index contributed by atoms with van der Waals surface area (Å²) in [5, 5.41) is 3.45. The number of imidazole rings is 1. The van der Waals surface area contributed by atoms with Crippen molar-refractivity contribution in [2.75, 3.05) is 45.2 Å². The number of fused-ring (bicyclic) bond motifs is 1. The minimum atomic E-state index is 0.654. The van der Waals surface area contributed by atoms with Gasteiger partial charge in [0, 0.05) is 45.6 Å². The fraction of sp³-hybridized carbons (Fsp3) is 0.333. The number of guanidine groups is 1. The van der Waals surface area contributed by atoms with Crippen LogP contribution in [0.5, 0.6) is 5.75 Å². The number of aliphatic imine (C=N–C) groups is 1. The summed E-state index contributed by atoms with van der Waals surface area (Å²) in [6.07, 6.45) is 4.06. The molecule has 0 bridgehead atoms. The average molecular weight is 378 g/mol. The van der Waals surface area contributed by atoms with Gasteiger partial charge in [-0.2, -0.15) is 0 Å². The van der Waals surface area contributed by atoms with Gasteiger partial charge in [-0.1, -0.05) is 18.2 Å². The lowest BCUT2D eigenvalue weighted by molar-refractivity contribution is 0.367. The maximum Gasteiger partial charge on any atom is 0.194 e. The number of para-hydroxylation sites is 2. The Morgan fingerprint density at radius 1 is 1.11 bits per heavy atom. The van der Waals surface area contributed by atoms with E-state index in [0.29, 0.717) is 6.54 Å². The van der Waals surface area contributed by atoms with Crippen molar-refractivity contribution in [2.24, 2.45) is 4.99 Å². The van der Waals surface area contributed by atoms with E-state index in [-0.39, 0.29) is 0 Å². The van der Waals surface area contributed by atoms with Crippen molar-refractivity contribution in [3.8, 4) is 5.75 Å². The van der Waals surface area contributed by atoms with Gasteiger partial charge in [0.25, 0.3) is 0 Å². The lowest BCUT2D eigenvalue weighted by atomic mass is 10.2. The van der Waals surface area contributed by atoms with E-state index in [0.717, 1.165) is 54.9 Å². The average Bonchev–Trinajstić information content (AvgIpc) is 3.17. The summed E-state index contributed by atoms with van der Waals surface area (Å²) in [5.41, 5.74) is 3.11. The molecule has 2 aromatic heterocycles. The number of nitrogens with one attached hydrogen (secondary N) is 1. The van der Waals surface area contributed by atoms with Gasteiger partial charge in [-0.3, -0.25) is 4.99 Å². The zero-order valence-corrected chi connectivity index (χ0v) is 16.4. The van der Waals surface area contributed by atoms with Gasteiger partial charge in [0.1, 0.15) is 11.4 Å². The molecule has 7 heteroatoms. The number of hydrogen-bond donors (Lipinski definition) is 1. The quantitative estimate of drug-likeness (QED) is 0.557. The highest BCUT2D eigenvalue weighted by molar-refractivity contribution is 5.80. The van der Waals surface area contributed by atoms with E-state index in [1.807, 2.05) is 48.0 Å². The smallest absolute Gasteiger partial charge is 0.194 e. The molecule has 3 heterocycles. The van der Waals surface area contributed by atoms with Gasteiger partial charge in [0.15, 0.2) is 5.96 Å². The van der Waals surface area contributed by atoms with Gasteiger partial charge in [0.2, 0.25) is 0 Å². The second-order valence-corrected chi connectivity index (χ2v) is 6.75. The van der Waals surface area contributed by atoms with Crippen molar-refractivity contribution < 1.29 is 4.74 Å². The number of anilines is 1. The molecule has 0 amide bonds. The van der Waals surface area contributed by atoms with E-state index in [9.17, 15) is 0 Å². The maximum absolute atomic E-state index is 5.51. The van der Waals surface area contributed by atoms with Crippen LogP contribution in [0, 0.1) is 0 Å². The highest BCUT2D eigenvalue weighted by Crippen LogP contribution is 2.28. The van der Waals surface area contributed by atoms with Crippen LogP contribution in [0.25, 0.3) is 5.65 Å². The Labute approximate surface area is 165 Å². The molecule has 0 unspecified atom stereocenters. The van der Waals surface area contributed by atoms with Crippen LogP contribution in [0.1, 0.15) is 5.69 Å². The normalized spacial score (nSPS) is 15.1. The summed E-state index contributed by atoms with van der Waals surface area (Å²) in [7, 11) is 3.55. The molecule has 1 saturated heterocycles. The highest BCUT2D eigenvalue weighted by Gasteiger charge is 2.21. The molecule has 0 aliphatic carbocycles. The van der Waals surface area contributed by atoms with Gasteiger partial charge >= 0.3 is 0 Å². The topological polar surface area (TPSA) is 57.4 Å². The van der Waals surface area contributed by atoms with Crippen LogP contribution in [0.4, 0.5) is 5.69 Å². The Morgan fingerprint density at radius 2 is 1.89 bits per heavy atom. The molecule has 1 aliphatic rings. The largest absolute Gasteiger partial charge is 0.495 e. The third-order valence-corrected chi connectivity index (χ3v) is 5.06. The Hall–Kier alpha value is -3.22. The molecule has 0 saturated carbocycles. The lowest BCUT2D eigenvalue weighted by Crippen LogP contribution is -2.52. The summed E-state index contributed by atoms with van der Waals surface area (Å²) in [4.78, 5) is 13.8. The molecule has 7 nitrogen and oxygen atoms in total. The Morgan fingerprint density at radius 3 is 2.64 bits per heavy atom. The number of methoxy groups -OCH3 is 1. The first-order valence-corrected chi connectivity index (χ1v) is 9.54. The van der Waals surface area contributed by atoms with Crippen molar-refractivity contribution in [1.29, 1.82) is 0 Å². The molecular formula is C21H26N6O. The molecule has 0 radical (unpaired) electrons. The van der Waals surface area contributed by atoms with E-state index in [1.165, 1.54) is 0 Å². The van der Waals surface area contributed by atoms with Gasteiger partial charge in [-0.05, 0) is 24.3 Å². The minimum Gasteiger partial charge on any atom is -0.495 e. The Bertz CT molecular complexity index is 925. The molecule has 1 aromatic carbocycles. The second-order valence-electron chi connectivity index (χ2n) is 6.75. The molecular weight excluding hydrogens is 352 g/mol. The molecule has 146 valence electrons. The van der Waals surface area contributed by atoms with Crippen molar-refractivity contribution >= 4 is 17.3 Å². The number of ether oxygens (including phenoxy) is 1. The van der Waals surface area contributed by atoms with Crippen molar-refractivity contribution in [1.82, 2.24) is 19.6 Å². The van der Waals surface area contributed by atoms with Crippen LogP contribution in [0.15, 0.2) is 59.9 Å². The molecule has 1 fully saturated rings. The molecule has 1 aliphatic heterocycles. The summed E-state index contributed by atoms with van der Waals surface area (Å²) < 4.78 is 7.54. The maximum atomic E-state index is 5.51. The van der Waals surface area contributed by atoms with E-state index < -0.39 is 0 Å². The van der Waals surface area contributed by atoms with Crippen LogP contribution in [-0.4, -0.2) is 60.6 Å². The SMILES string of the molecule is CN=C(NCc1cn2ccccc2n1)N1CCN(c2ccccc2OC)CC1. The first kappa shape index (κ1) is 18.2. The molecule has 28 heavy (non-hydrogen) atoms. The van der Waals surface area contributed by atoms with Crippen molar-refractivity contribution in [3.63, 3.8) is 0 Å². The third-order valence-electron chi connectivity index (χ3n) is 5.06. The van der Waals surface area contributed by atoms with E-state index >= 15 is 0 Å². The van der Waals surface area contributed by atoms with Gasteiger partial charge in [-0.25, -0.2) is 4.98 Å². The van der Waals surface area contributed by atoms with Crippen LogP contribution < -0.4 is 15.0 Å². The molecule has 3 aromatic rings. The molecule has 0 atom stereocenters. The molecule has 0 spiro atoms. The molecule has 4 rings (SSSR count). The highest BCUT2D eigenvalue weighted by atomic mass is 16.5. The summed E-state index contributed by atoms with van der Waals surface area (Å²) in [6.45, 7) is 4.32. The van der Waals surface area contributed by atoms with E-state index in [4.69, 9.17) is 4.74 Å². The lowest BCUT2D eigenvalue weighted by Gasteiger charge is -2.38. The predicted octanol–water partition coefficient (Wildman–Crippen LogP) is 2.24. The predicted molar refractivity (Wildman–Crippen MR) is 112 cm³/mol. The summed E-state index contributed by atoms with van der Waals surface area (Å²) in [5.74, 6) is 1.84. The summed E-state index contributed by atoms with van der Waals surface area (Å²) in [6, 6.07) is 14.2. The van der Waals surface area contributed by atoms with Crippen molar-refractivity contribution in [3.05, 3.63) is 60.6 Å². The fourth-order valence-corrected chi connectivity index (χ4v) is 3.62. The zero-order valence-electron chi connectivity index (χ0n) is 16.4. The number of pyridine rings is 1. The minimum absolute atomic E-state index is 0.654. The number of hydrogen-bond acceptors (Lipinski definition) is 4. The first-order valence-electron chi connectivity index (χ1n) is 9.54. The number of piperazine rings is 1. The number of aromatic nitrogens is 2. The first-order chi connectivity index (χ1) is 13.8. The van der Waals surface area contributed by atoms with Gasteiger partial charge in [0.05, 0.1) is 25.0 Å². The van der Waals surface area contributed by atoms with Crippen LogP contribution in [0.3, 0.4) is 0 Å². The van der Waals surface area contributed by atoms with Crippen LogP contribution in [-0.2, 0) is 6.54 Å². The molecule has 1 N–H and O–H groups in total. The fourth-order valence-electron chi connectivity index (χ4n) is 3.62. The number of rotatable bonds is 4. The number of benzene rings is 1. The Balaban J connectivity index is 1.36. The van der Waals surface area contributed by atoms with Gasteiger partial charge in [-0.15, -0.1) is 0 Å². The monoisotopic (exact) mass is 378 g/mol. The number of nitrogens with zero attached hydrogens (tertiary/aromatic N) is 5.